The standard InChI is InChI=1S/C14H14S.BF4/c1-14(15,12-8-4-2-5-9-12)13-10-6-3-7-11-13;2-1(3,4)5/h2-11,15H,1H3;/q;-1/p+1. The largest absolute Gasteiger partial charge is 0.673 e. The minimum atomic E-state index is -6.00. The van der Waals surface area contributed by atoms with Gasteiger partial charge in [-0.1, -0.05) is 60.7 Å². The quantitative estimate of drug-likeness (QED) is 0.442. The lowest BCUT2D eigenvalue weighted by Gasteiger charge is -2.18. The number of benzene rings is 2. The van der Waals surface area contributed by atoms with Gasteiger partial charge >= 0.3 is 7.25 Å². The molecule has 0 radical (unpaired) electrons. The number of rotatable bonds is 2. The molecule has 0 amide bonds. The first-order valence-corrected chi connectivity index (χ1v) is 6.44. The van der Waals surface area contributed by atoms with Crippen molar-refractivity contribution in [1.29, 1.82) is 0 Å². The van der Waals surface area contributed by atoms with Gasteiger partial charge in [-0.3, -0.25) is 0 Å². The van der Waals surface area contributed by atoms with Crippen LogP contribution in [-0.2, 0) is 17.4 Å². The number of hydrogen-bond acceptors (Lipinski definition) is 0. The van der Waals surface area contributed by atoms with Crippen LogP contribution >= 0.6 is 0 Å². The molecule has 0 atom stereocenters. The molecule has 20 heavy (non-hydrogen) atoms. The summed E-state index contributed by atoms with van der Waals surface area (Å²) in [4.78, 5) is 0. The van der Waals surface area contributed by atoms with Gasteiger partial charge in [0.25, 0.3) is 0 Å². The molecule has 108 valence electrons. The van der Waals surface area contributed by atoms with Gasteiger partial charge in [0.05, 0.1) is 0 Å². The SMILES string of the molecule is CC([SH2+])(c1ccccc1)c1ccccc1.F[B-](F)(F)F. The lowest BCUT2D eigenvalue weighted by molar-refractivity contribution is 0.368. The third-order valence-corrected chi connectivity index (χ3v) is 3.28. The van der Waals surface area contributed by atoms with Crippen LogP contribution in [0.4, 0.5) is 17.3 Å². The topological polar surface area (TPSA) is 0 Å². The van der Waals surface area contributed by atoms with Crippen LogP contribution < -0.4 is 0 Å². The highest BCUT2D eigenvalue weighted by molar-refractivity contribution is 7.60. The van der Waals surface area contributed by atoms with E-state index >= 15 is 0 Å². The van der Waals surface area contributed by atoms with E-state index in [1.54, 1.807) is 0 Å². The molecule has 0 unspecified atom stereocenters. The zero-order valence-corrected chi connectivity index (χ0v) is 11.9. The molecular formula is C14H15BF4S. The zero-order chi connectivity index (χ0) is 15.2. The van der Waals surface area contributed by atoms with E-state index in [2.05, 4.69) is 68.1 Å². The molecule has 2 aromatic rings. The number of halogens is 4. The molecule has 0 aliphatic rings. The maximum atomic E-state index is 9.75. The van der Waals surface area contributed by atoms with Crippen LogP contribution in [0.2, 0.25) is 0 Å². The molecule has 0 nitrogen and oxygen atoms in total. The summed E-state index contributed by atoms with van der Waals surface area (Å²) in [6.07, 6.45) is 0. The van der Waals surface area contributed by atoms with Crippen LogP contribution in [0.5, 0.6) is 0 Å². The van der Waals surface area contributed by atoms with E-state index in [9.17, 15) is 17.3 Å². The fourth-order valence-electron chi connectivity index (χ4n) is 1.71. The second kappa shape index (κ2) is 6.84. The van der Waals surface area contributed by atoms with Crippen molar-refractivity contribution in [2.45, 2.75) is 11.7 Å². The molecule has 0 bridgehead atoms. The molecule has 2 aromatic carbocycles. The van der Waals surface area contributed by atoms with Crippen molar-refractivity contribution in [2.75, 3.05) is 0 Å². The van der Waals surface area contributed by atoms with Gasteiger partial charge in [-0.2, -0.15) is 0 Å². The fourth-order valence-corrected chi connectivity index (χ4v) is 2.04. The van der Waals surface area contributed by atoms with Crippen LogP contribution in [-0.4, -0.2) is 7.25 Å². The maximum Gasteiger partial charge on any atom is 0.673 e. The molecule has 0 N–H and O–H groups in total. The van der Waals surface area contributed by atoms with Gasteiger partial charge in [-0.25, -0.2) is 0 Å². The Hall–Kier alpha value is -1.43. The first kappa shape index (κ1) is 16.6. The summed E-state index contributed by atoms with van der Waals surface area (Å²) in [5.74, 6) is 0. The summed E-state index contributed by atoms with van der Waals surface area (Å²) in [6.45, 7) is 2.18. The smallest absolute Gasteiger partial charge is 0.418 e. The van der Waals surface area contributed by atoms with Gasteiger partial charge in [-0.05, 0) is 19.6 Å². The molecule has 6 heteroatoms. The second-order valence-corrected chi connectivity index (χ2v) is 5.35. The Morgan fingerprint density at radius 3 is 1.25 bits per heavy atom. The lowest BCUT2D eigenvalue weighted by Crippen LogP contribution is -2.19. The summed E-state index contributed by atoms with van der Waals surface area (Å²) >= 11 is 3.86. The van der Waals surface area contributed by atoms with E-state index in [4.69, 9.17) is 0 Å². The van der Waals surface area contributed by atoms with Crippen molar-refractivity contribution < 1.29 is 17.3 Å². The van der Waals surface area contributed by atoms with E-state index in [0.29, 0.717) is 0 Å². The molecule has 0 aliphatic carbocycles. The highest BCUT2D eigenvalue weighted by Crippen LogP contribution is 2.29. The Labute approximate surface area is 121 Å². The molecule has 0 aromatic heterocycles. The first-order valence-electron chi connectivity index (χ1n) is 5.94. The van der Waals surface area contributed by atoms with Gasteiger partial charge in [0, 0.05) is 11.1 Å². The third kappa shape index (κ3) is 5.69. The molecule has 0 fully saturated rings. The predicted octanol–water partition coefficient (Wildman–Crippen LogP) is 4.26. The van der Waals surface area contributed by atoms with Crippen molar-refractivity contribution in [2.24, 2.45) is 0 Å². The van der Waals surface area contributed by atoms with Gasteiger partial charge in [0.2, 0.25) is 0 Å². The van der Waals surface area contributed by atoms with E-state index < -0.39 is 7.25 Å². The number of hydrogen-bond donors (Lipinski definition) is 0. The third-order valence-electron chi connectivity index (χ3n) is 2.70. The fraction of sp³-hybridized carbons (Fsp3) is 0.143. The summed E-state index contributed by atoms with van der Waals surface area (Å²) in [5, 5.41) is 0. The molecule has 0 heterocycles. The van der Waals surface area contributed by atoms with E-state index in [1.165, 1.54) is 11.1 Å². The Bertz CT molecular complexity index is 464. The minimum Gasteiger partial charge on any atom is -0.418 e. The Kier molecular flexibility index (Phi) is 5.68. The van der Waals surface area contributed by atoms with Crippen LogP contribution in [0.3, 0.4) is 0 Å². The van der Waals surface area contributed by atoms with Crippen LogP contribution in [0.15, 0.2) is 60.7 Å². The monoisotopic (exact) mass is 302 g/mol. The van der Waals surface area contributed by atoms with Crippen molar-refractivity contribution in [3.63, 3.8) is 0 Å². The summed E-state index contributed by atoms with van der Waals surface area (Å²) in [5.41, 5.74) is 2.54. The van der Waals surface area contributed by atoms with Gasteiger partial charge in [0.1, 0.15) is 0 Å². The Morgan fingerprint density at radius 1 is 0.750 bits per heavy atom. The van der Waals surface area contributed by atoms with Crippen LogP contribution in [0, 0.1) is 0 Å². The summed E-state index contributed by atoms with van der Waals surface area (Å²) < 4.78 is 38.9. The van der Waals surface area contributed by atoms with E-state index in [-0.39, 0.29) is 4.75 Å². The summed E-state index contributed by atoms with van der Waals surface area (Å²) in [7, 11) is -6.00. The Balaban J connectivity index is 0.000000347. The summed E-state index contributed by atoms with van der Waals surface area (Å²) in [6, 6.07) is 20.9. The van der Waals surface area contributed by atoms with Crippen LogP contribution in [0.1, 0.15) is 18.1 Å². The van der Waals surface area contributed by atoms with Gasteiger partial charge in [-0.15, -0.1) is 0 Å². The van der Waals surface area contributed by atoms with Crippen LogP contribution in [0.25, 0.3) is 0 Å². The molecule has 0 saturated heterocycles. The predicted molar refractivity (Wildman–Crippen MR) is 79.7 cm³/mol. The molecule has 0 saturated carbocycles. The van der Waals surface area contributed by atoms with Crippen molar-refractivity contribution >= 4 is 19.9 Å². The van der Waals surface area contributed by atoms with E-state index in [1.807, 2.05) is 12.1 Å². The second-order valence-electron chi connectivity index (χ2n) is 4.35. The van der Waals surface area contributed by atoms with Gasteiger partial charge < -0.3 is 17.3 Å². The minimum absolute atomic E-state index is 0.109. The van der Waals surface area contributed by atoms with Crippen molar-refractivity contribution in [1.82, 2.24) is 0 Å². The van der Waals surface area contributed by atoms with Crippen molar-refractivity contribution in [3.05, 3.63) is 71.8 Å². The molecule has 0 spiro atoms. The lowest BCUT2D eigenvalue weighted by atomic mass is 9.92. The average molecular weight is 302 g/mol. The highest BCUT2D eigenvalue weighted by Gasteiger charge is 2.29. The molecule has 2 rings (SSSR count). The van der Waals surface area contributed by atoms with Gasteiger partial charge in [0.15, 0.2) is 4.75 Å². The maximum absolute atomic E-state index is 9.75. The van der Waals surface area contributed by atoms with Crippen molar-refractivity contribution in [3.8, 4) is 0 Å². The Morgan fingerprint density at radius 2 is 1.00 bits per heavy atom. The molecular weight excluding hydrogens is 287 g/mol. The average Bonchev–Trinajstić information content (AvgIpc) is 2.39. The van der Waals surface area contributed by atoms with E-state index in [0.717, 1.165) is 0 Å². The zero-order valence-electron chi connectivity index (χ0n) is 10.9. The normalized spacial score (nSPS) is 11.5. The molecule has 0 aliphatic heterocycles. The first-order chi connectivity index (χ1) is 9.21. The highest BCUT2D eigenvalue weighted by atomic mass is 32.1.